The van der Waals surface area contributed by atoms with Crippen LogP contribution in [0.25, 0.3) is 0 Å². The summed E-state index contributed by atoms with van der Waals surface area (Å²) in [5.74, 6) is -2.79. The van der Waals surface area contributed by atoms with E-state index in [0.717, 1.165) is 43.1 Å². The van der Waals surface area contributed by atoms with Gasteiger partial charge in [-0.25, -0.2) is 9.59 Å². The number of esters is 2. The molecule has 2 aromatic carbocycles. The Bertz CT molecular complexity index is 3990. The number of aryl methyl sites for hydroxylation is 2. The highest BCUT2D eigenvalue weighted by atomic mass is 33.5. The van der Waals surface area contributed by atoms with Crippen molar-refractivity contribution < 1.29 is 74.0 Å². The fraction of sp³-hybridized carbons (Fsp3) is 0.712. The molecule has 532 valence electrons. The zero-order valence-electron chi connectivity index (χ0n) is 53.0. The van der Waals surface area contributed by atoms with Gasteiger partial charge in [-0.05, 0) is 137 Å². The van der Waals surface area contributed by atoms with Gasteiger partial charge in [0.1, 0.15) is 30.1 Å². The van der Waals surface area contributed by atoms with Gasteiger partial charge in [0.2, 0.25) is 0 Å². The van der Waals surface area contributed by atoms with Crippen molar-refractivity contribution >= 4 is 206 Å². The number of ketones is 2. The number of ether oxygens (including phenoxy) is 2. The van der Waals surface area contributed by atoms with Gasteiger partial charge >= 0.3 is 11.9 Å². The zero-order valence-corrected chi connectivity index (χ0v) is 68.5. The molecule has 0 heterocycles. The van der Waals surface area contributed by atoms with Gasteiger partial charge < -0.3 is 29.6 Å². The van der Waals surface area contributed by atoms with E-state index in [4.69, 9.17) is 40.2 Å². The number of hydrogen-bond donors (Lipinski definition) is 3. The number of aliphatic hydroxyl groups is 3. The first-order chi connectivity index (χ1) is 44.0. The quantitative estimate of drug-likeness (QED) is 0.0912. The highest BCUT2D eigenvalue weighted by Crippen LogP contribution is 2.70. The summed E-state index contributed by atoms with van der Waals surface area (Å²) in [7, 11) is 17.0. The third-order valence-corrected chi connectivity index (χ3v) is 55.2. The first-order valence-electron chi connectivity index (χ1n) is 30.0. The molecule has 6 fully saturated rings. The topological polar surface area (TPSA) is 251 Å². The van der Waals surface area contributed by atoms with Gasteiger partial charge in [0.05, 0.1) is 34.0 Å². The van der Waals surface area contributed by atoms with Gasteiger partial charge in [0, 0.05) is 197 Å². The van der Waals surface area contributed by atoms with Crippen molar-refractivity contribution in [3.63, 3.8) is 0 Å². The Hall–Kier alpha value is -0.170. The zero-order chi connectivity index (χ0) is 68.8. The molecule has 4 bridgehead atoms. The molecule has 16 nitrogen and oxygen atoms in total. The largest absolute Gasteiger partial charge is 0.460 e. The molecule has 94 heavy (non-hydrogen) atoms. The van der Waals surface area contributed by atoms with E-state index < -0.39 is 114 Å². The molecule has 0 saturated heterocycles. The second kappa shape index (κ2) is 37.3. The third kappa shape index (κ3) is 19.0. The van der Waals surface area contributed by atoms with Crippen molar-refractivity contribution in [2.24, 2.45) is 68.0 Å². The van der Waals surface area contributed by atoms with Crippen LogP contribution in [0.4, 0.5) is 0 Å². The summed E-state index contributed by atoms with van der Waals surface area (Å²) in [5.41, 5.74) is -2.77. The molecule has 0 radical (unpaired) electrons. The fourth-order valence-electron chi connectivity index (χ4n) is 15.9. The Balaban J connectivity index is 0.000000273. The van der Waals surface area contributed by atoms with Crippen molar-refractivity contribution in [3.8, 4) is 0 Å². The highest BCUT2D eigenvalue weighted by Gasteiger charge is 2.71. The van der Waals surface area contributed by atoms with Crippen molar-refractivity contribution in [3.05, 3.63) is 59.7 Å². The van der Waals surface area contributed by atoms with Crippen LogP contribution >= 0.6 is 0 Å². The van der Waals surface area contributed by atoms with Crippen LogP contribution in [-0.4, -0.2) is 106 Å². The van der Waals surface area contributed by atoms with E-state index in [1.165, 1.54) is 42.0 Å². The fourth-order valence-corrected chi connectivity index (χ4v) is 53.3. The van der Waals surface area contributed by atoms with Crippen LogP contribution in [0.2, 0.25) is 0 Å². The smallest absolute Gasteiger partial charge is 0.333 e. The molecule has 3 N–H and O–H groups in total. The monoisotopic (exact) mass is 1660 g/mol. The molecule has 2 aromatic rings. The molecular weight excluding hydrogens is 1570 g/mol. The molecule has 0 aromatic heterocycles. The van der Waals surface area contributed by atoms with Crippen LogP contribution in [0, 0.1) is 81.8 Å². The summed E-state index contributed by atoms with van der Waals surface area (Å²) < 4.78 is 72.7. The van der Waals surface area contributed by atoms with Gasteiger partial charge in [0.25, 0.3) is 20.2 Å². The van der Waals surface area contributed by atoms with E-state index >= 15 is 0 Å². The molecule has 6 saturated carbocycles. The molecule has 8 rings (SSSR count). The maximum absolute atomic E-state index is 13.5. The molecular formula is C59H86O16S19. The van der Waals surface area contributed by atoms with E-state index in [1.54, 1.807) is 140 Å². The number of carbonyl (C=O) groups excluding carboxylic acids is 5. The minimum atomic E-state index is -4.19. The van der Waals surface area contributed by atoms with Gasteiger partial charge in [-0.15, -0.1) is 0 Å². The minimum absolute atomic E-state index is 0. The van der Waals surface area contributed by atoms with Gasteiger partial charge in [0.15, 0.2) is 13.2 Å². The first kappa shape index (κ1) is 84.5. The van der Waals surface area contributed by atoms with E-state index in [-0.39, 0.29) is 71.9 Å². The van der Waals surface area contributed by atoms with Crippen molar-refractivity contribution in [1.82, 2.24) is 0 Å². The Labute approximate surface area is 607 Å². The summed E-state index contributed by atoms with van der Waals surface area (Å²) in [5, 5.41) is 33.9. The minimum Gasteiger partial charge on any atom is -0.460 e. The number of Topliss-reactive ketones (excluding diaryl/α,β-unsaturated/α-hetero) is 2. The number of hydrogen-bond acceptors (Lipinski definition) is 18. The van der Waals surface area contributed by atoms with Crippen molar-refractivity contribution in [2.75, 3.05) is 19.8 Å². The van der Waals surface area contributed by atoms with Crippen LogP contribution in [0.15, 0.2) is 58.3 Å². The average Bonchev–Trinajstić information content (AvgIpc) is 1.37. The molecule has 0 aliphatic heterocycles. The predicted molar refractivity (Wildman–Crippen MR) is 412 cm³/mol. The standard InChI is InChI=1S/C29H42O8S.C29H40O8S.CH4.S17/c2*1-6-28(17-30)15-23(37-24(32)16-36-38(34,35)21-9-7-18(2)8-10-21)27(5)19(3)11-13-29(20(4)26(28)33)14-12-22(31)25(27)29;;1-3-5-7-9-11-13-15-17-16-14-12-10-8-6-4-2/h7-10,19-20,23,25-26,30,33H,6,11-17H2,1-5H3;7-10,17,19-20,23,25-26,33H,6,11-16H2,1-5H3;1H4;/t2*19-,20+,23-,25?,26+,27+,28-,29+;;/m11../s1. The predicted octanol–water partition coefficient (Wildman–Crippen LogP) is 8.41. The number of carbonyl (C=O) groups is 5. The lowest BCUT2D eigenvalue weighted by Crippen LogP contribution is -2.64. The summed E-state index contributed by atoms with van der Waals surface area (Å²) in [4.78, 5) is 65.6. The van der Waals surface area contributed by atoms with Crippen LogP contribution in [0.3, 0.4) is 0 Å². The van der Waals surface area contributed by atoms with Crippen LogP contribution in [-0.2, 0) is 218 Å². The molecule has 0 spiro atoms. The van der Waals surface area contributed by atoms with E-state index in [0.29, 0.717) is 38.5 Å². The molecule has 0 amide bonds. The SMILES string of the molecule is C.CC[C@]1(C=O)C[C@@H](OC(=O)COS(=O)(=O)c2ccc(C)cc2)[C@@]2(C)C3C(=O)CC[C@@]3(CC[C@H]2C)[C@@H](C)[C@@H]1O.CC[C@]1(CO)C[C@@H](OC(=O)COS(=O)(=O)c2ccc(C)cc2)[C@@]2(C)C3C(=O)CC[C@@]3(CC[C@H]2C)[C@@H](C)[C@@H]1O.S=S=S=S=S=S=S=S=S=S=S=S=S=S=S=S=S. The van der Waals surface area contributed by atoms with Crippen LogP contribution < -0.4 is 0 Å². The van der Waals surface area contributed by atoms with Crippen LogP contribution in [0.5, 0.6) is 0 Å². The van der Waals surface area contributed by atoms with Crippen LogP contribution in [0.1, 0.15) is 151 Å². The van der Waals surface area contributed by atoms with E-state index in [2.05, 4.69) is 6.92 Å². The second-order valence-electron chi connectivity index (χ2n) is 25.4. The van der Waals surface area contributed by atoms with E-state index in [1.807, 2.05) is 62.3 Å². The van der Waals surface area contributed by atoms with Gasteiger partial charge in [-0.1, -0.05) is 98.2 Å². The second-order valence-corrected chi connectivity index (χ2v) is 55.1. The highest BCUT2D eigenvalue weighted by molar-refractivity contribution is 8.77. The molecule has 6 aliphatic carbocycles. The third-order valence-electron chi connectivity index (χ3n) is 21.6. The van der Waals surface area contributed by atoms with Crippen molar-refractivity contribution in [2.45, 2.75) is 188 Å². The molecule has 35 heteroatoms. The maximum Gasteiger partial charge on any atom is 0.333 e. The Morgan fingerprint density at radius 3 is 1.26 bits per heavy atom. The summed E-state index contributed by atoms with van der Waals surface area (Å²) >= 11 is 9.48. The maximum atomic E-state index is 13.5. The lowest BCUT2D eigenvalue weighted by atomic mass is 9.43. The normalized spacial score (nSPS) is 33.0. The Morgan fingerprint density at radius 1 is 0.574 bits per heavy atom. The van der Waals surface area contributed by atoms with Crippen molar-refractivity contribution in [1.29, 1.82) is 0 Å². The first-order valence-corrected chi connectivity index (χ1v) is 54.2. The van der Waals surface area contributed by atoms with Gasteiger partial charge in [-0.3, -0.25) is 18.0 Å². The summed E-state index contributed by atoms with van der Waals surface area (Å²) in [6.45, 7) is 17.5. The number of aliphatic hydroxyl groups excluding tert-OH is 3. The number of benzene rings is 2. The lowest BCUT2D eigenvalue weighted by molar-refractivity contribution is -0.219. The Kier molecular flexibility index (Phi) is 33.5. The summed E-state index contributed by atoms with van der Waals surface area (Å²) in [6, 6.07) is 12.2. The molecule has 2 unspecified atom stereocenters. The summed E-state index contributed by atoms with van der Waals surface area (Å²) in [6.07, 6.45) is 3.50. The van der Waals surface area contributed by atoms with Gasteiger partial charge in [-0.2, -0.15) is 16.8 Å². The Morgan fingerprint density at radius 2 is 0.926 bits per heavy atom. The number of rotatable bonds is 14. The number of aldehydes is 1. The molecule has 16 atom stereocenters. The van der Waals surface area contributed by atoms with E-state index in [9.17, 15) is 56.1 Å². The lowest BCUT2D eigenvalue weighted by Gasteiger charge is -2.62. The average molecular weight is 1660 g/mol. The molecule has 6 aliphatic rings.